The van der Waals surface area contributed by atoms with E-state index in [4.69, 9.17) is 0 Å². The number of rotatable bonds is 3. The Kier molecular flexibility index (Phi) is 3.90. The maximum Gasteiger partial charge on any atom is -0.0233 e. The molecule has 1 aliphatic carbocycles. The average Bonchev–Trinajstić information content (AvgIpc) is 2.17. The molecule has 0 nitrogen and oxygen atoms in total. The third-order valence-corrected chi connectivity index (χ3v) is 2.92. The smallest absolute Gasteiger partial charge is 0.0233 e. The van der Waals surface area contributed by atoms with Gasteiger partial charge in [0.25, 0.3) is 0 Å². The summed E-state index contributed by atoms with van der Waals surface area (Å²) in [4.78, 5) is 0. The first kappa shape index (κ1) is 11.8. The molecule has 0 unspecified atom stereocenters. The van der Waals surface area contributed by atoms with E-state index in [9.17, 15) is 0 Å². The Bertz CT molecular complexity index is 373. The van der Waals surface area contributed by atoms with E-state index in [-0.39, 0.29) is 0 Å². The summed E-state index contributed by atoms with van der Waals surface area (Å²) in [6.07, 6.45) is 8.39. The second-order valence-electron chi connectivity index (χ2n) is 4.22. The summed E-state index contributed by atoms with van der Waals surface area (Å²) >= 11 is 0. The SMILES string of the molecule is C=C/C=C(/C)C(=C)C1=C(C)C=C(C)CC1. The van der Waals surface area contributed by atoms with Crippen molar-refractivity contribution in [3.05, 3.63) is 59.3 Å². The first-order chi connectivity index (χ1) is 7.06. The zero-order chi connectivity index (χ0) is 11.4. The predicted molar refractivity (Wildman–Crippen MR) is 68.8 cm³/mol. The second-order valence-corrected chi connectivity index (χ2v) is 4.22. The minimum absolute atomic E-state index is 1.12. The van der Waals surface area contributed by atoms with Crippen LogP contribution in [0.4, 0.5) is 0 Å². The van der Waals surface area contributed by atoms with Gasteiger partial charge in [-0.3, -0.25) is 0 Å². The third kappa shape index (κ3) is 2.82. The average molecular weight is 200 g/mol. The Morgan fingerprint density at radius 1 is 1.33 bits per heavy atom. The van der Waals surface area contributed by atoms with Gasteiger partial charge in [-0.1, -0.05) is 37.0 Å². The van der Waals surface area contributed by atoms with Crippen LogP contribution in [0.5, 0.6) is 0 Å². The van der Waals surface area contributed by atoms with E-state index in [1.807, 2.05) is 12.2 Å². The van der Waals surface area contributed by atoms with Crippen molar-refractivity contribution in [2.45, 2.75) is 33.6 Å². The van der Waals surface area contributed by atoms with Crippen molar-refractivity contribution in [1.82, 2.24) is 0 Å². The van der Waals surface area contributed by atoms with E-state index in [1.165, 1.54) is 22.3 Å². The maximum atomic E-state index is 4.17. The highest BCUT2D eigenvalue weighted by molar-refractivity contribution is 5.50. The topological polar surface area (TPSA) is 0 Å². The van der Waals surface area contributed by atoms with Gasteiger partial charge in [0.05, 0.1) is 0 Å². The molecule has 1 rings (SSSR count). The summed E-state index contributed by atoms with van der Waals surface area (Å²) in [5, 5.41) is 0. The molecule has 0 aliphatic heterocycles. The first-order valence-electron chi connectivity index (χ1n) is 5.42. The molecule has 0 aromatic heterocycles. The molecule has 0 bridgehead atoms. The molecular weight excluding hydrogens is 180 g/mol. The van der Waals surface area contributed by atoms with Gasteiger partial charge >= 0.3 is 0 Å². The van der Waals surface area contributed by atoms with Gasteiger partial charge in [-0.25, -0.2) is 0 Å². The highest BCUT2D eigenvalue weighted by atomic mass is 14.2. The van der Waals surface area contributed by atoms with E-state index < -0.39 is 0 Å². The second kappa shape index (κ2) is 4.97. The first-order valence-corrected chi connectivity index (χ1v) is 5.42. The largest absolute Gasteiger partial charge is 0.0991 e. The lowest BCUT2D eigenvalue weighted by atomic mass is 9.87. The van der Waals surface area contributed by atoms with Crippen LogP contribution >= 0.6 is 0 Å². The molecule has 0 atom stereocenters. The van der Waals surface area contributed by atoms with Crippen LogP contribution in [-0.4, -0.2) is 0 Å². The molecule has 0 heterocycles. The van der Waals surface area contributed by atoms with Crippen molar-refractivity contribution < 1.29 is 0 Å². The lowest BCUT2D eigenvalue weighted by Crippen LogP contribution is -1.99. The highest BCUT2D eigenvalue weighted by Gasteiger charge is 2.11. The Hall–Kier alpha value is -1.30. The van der Waals surface area contributed by atoms with Crippen LogP contribution in [0.1, 0.15) is 33.6 Å². The van der Waals surface area contributed by atoms with Gasteiger partial charge in [0.15, 0.2) is 0 Å². The van der Waals surface area contributed by atoms with Crippen LogP contribution in [-0.2, 0) is 0 Å². The van der Waals surface area contributed by atoms with Gasteiger partial charge in [0, 0.05) is 0 Å². The van der Waals surface area contributed by atoms with Crippen LogP contribution in [0, 0.1) is 0 Å². The molecule has 0 radical (unpaired) electrons. The summed E-state index contributed by atoms with van der Waals surface area (Å²) in [7, 11) is 0. The monoisotopic (exact) mass is 200 g/mol. The Labute approximate surface area is 93.4 Å². The van der Waals surface area contributed by atoms with Crippen molar-refractivity contribution in [2.24, 2.45) is 0 Å². The molecule has 0 saturated carbocycles. The van der Waals surface area contributed by atoms with Crippen molar-refractivity contribution in [3.8, 4) is 0 Å². The van der Waals surface area contributed by atoms with Gasteiger partial charge in [-0.05, 0) is 55.9 Å². The number of allylic oxidation sites excluding steroid dienone is 8. The molecule has 0 heteroatoms. The van der Waals surface area contributed by atoms with Crippen LogP contribution in [0.25, 0.3) is 0 Å². The molecule has 0 fully saturated rings. The zero-order valence-corrected chi connectivity index (χ0v) is 10.1. The lowest BCUT2D eigenvalue weighted by Gasteiger charge is -2.18. The van der Waals surface area contributed by atoms with Gasteiger partial charge in [0.1, 0.15) is 0 Å². The van der Waals surface area contributed by atoms with E-state index in [1.54, 1.807) is 0 Å². The quantitative estimate of drug-likeness (QED) is 0.578. The minimum Gasteiger partial charge on any atom is -0.0991 e. The predicted octanol–water partition coefficient (Wildman–Crippen LogP) is 4.73. The third-order valence-electron chi connectivity index (χ3n) is 2.92. The normalized spacial score (nSPS) is 17.5. The summed E-state index contributed by atoms with van der Waals surface area (Å²) in [5.41, 5.74) is 6.61. The fraction of sp³-hybridized carbons (Fsp3) is 0.333. The van der Waals surface area contributed by atoms with E-state index in [2.05, 4.69) is 40.0 Å². The molecule has 0 N–H and O–H groups in total. The standard InChI is InChI=1S/C15H20/c1-6-7-12(3)14(5)15-9-8-11(2)10-13(15)4/h6-7,10H,1,5,8-9H2,2-4H3/b12-7-. The fourth-order valence-electron chi connectivity index (χ4n) is 1.95. The van der Waals surface area contributed by atoms with Gasteiger partial charge in [0.2, 0.25) is 0 Å². The molecule has 0 amide bonds. The molecule has 0 aromatic carbocycles. The van der Waals surface area contributed by atoms with Crippen LogP contribution < -0.4 is 0 Å². The molecule has 0 spiro atoms. The number of hydrogen-bond donors (Lipinski definition) is 0. The van der Waals surface area contributed by atoms with E-state index in [0.29, 0.717) is 0 Å². The van der Waals surface area contributed by atoms with Crippen molar-refractivity contribution >= 4 is 0 Å². The summed E-state index contributed by atoms with van der Waals surface area (Å²) < 4.78 is 0. The fourth-order valence-corrected chi connectivity index (χ4v) is 1.95. The molecule has 15 heavy (non-hydrogen) atoms. The van der Waals surface area contributed by atoms with Crippen LogP contribution in [0.2, 0.25) is 0 Å². The van der Waals surface area contributed by atoms with Gasteiger partial charge in [-0.2, -0.15) is 0 Å². The van der Waals surface area contributed by atoms with Gasteiger partial charge < -0.3 is 0 Å². The lowest BCUT2D eigenvalue weighted by molar-refractivity contribution is 0.897. The molecule has 80 valence electrons. The van der Waals surface area contributed by atoms with Crippen molar-refractivity contribution in [1.29, 1.82) is 0 Å². The minimum atomic E-state index is 1.12. The summed E-state index contributed by atoms with van der Waals surface area (Å²) in [6, 6.07) is 0. The molecular formula is C15H20. The Morgan fingerprint density at radius 2 is 2.00 bits per heavy atom. The van der Waals surface area contributed by atoms with E-state index in [0.717, 1.165) is 18.4 Å². The molecule has 0 saturated heterocycles. The zero-order valence-electron chi connectivity index (χ0n) is 10.1. The van der Waals surface area contributed by atoms with Crippen LogP contribution in [0.15, 0.2) is 59.3 Å². The maximum absolute atomic E-state index is 4.17. The van der Waals surface area contributed by atoms with E-state index >= 15 is 0 Å². The summed E-state index contributed by atoms with van der Waals surface area (Å²) in [6.45, 7) is 14.3. The molecule has 0 aromatic rings. The number of hydrogen-bond acceptors (Lipinski definition) is 0. The van der Waals surface area contributed by atoms with Crippen molar-refractivity contribution in [3.63, 3.8) is 0 Å². The molecule has 1 aliphatic rings. The Morgan fingerprint density at radius 3 is 2.53 bits per heavy atom. The van der Waals surface area contributed by atoms with Crippen molar-refractivity contribution in [2.75, 3.05) is 0 Å². The Balaban J connectivity index is 2.99. The summed E-state index contributed by atoms with van der Waals surface area (Å²) in [5.74, 6) is 0. The van der Waals surface area contributed by atoms with Gasteiger partial charge in [-0.15, -0.1) is 0 Å². The highest BCUT2D eigenvalue weighted by Crippen LogP contribution is 2.31. The van der Waals surface area contributed by atoms with Crippen LogP contribution in [0.3, 0.4) is 0 Å².